The van der Waals surface area contributed by atoms with Crippen LogP contribution in [0.1, 0.15) is 34.6 Å². The van der Waals surface area contributed by atoms with E-state index in [2.05, 4.69) is 10.6 Å². The van der Waals surface area contributed by atoms with E-state index in [-0.39, 0.29) is 17.7 Å². The quantitative estimate of drug-likeness (QED) is 0.641. The lowest BCUT2D eigenvalue weighted by molar-refractivity contribution is -0.142. The Labute approximate surface area is 107 Å². The van der Waals surface area contributed by atoms with Crippen molar-refractivity contribution in [2.45, 2.75) is 46.7 Å². The third-order valence-corrected chi connectivity index (χ3v) is 2.82. The Bertz CT molecular complexity index is 328. The summed E-state index contributed by atoms with van der Waals surface area (Å²) in [5.74, 6) is -2.37. The van der Waals surface area contributed by atoms with Gasteiger partial charge in [-0.1, -0.05) is 13.8 Å². The van der Waals surface area contributed by atoms with Gasteiger partial charge in [0.15, 0.2) is 0 Å². The van der Waals surface area contributed by atoms with Crippen LogP contribution in [0.15, 0.2) is 0 Å². The number of nitrogens with one attached hydrogen (secondary N) is 2. The standard InChI is InChI=1S/C12H22N2O4/c1-6(2)10(14-9(5)15)11(16)13-8(4)7(3)12(17)18/h6-8,10H,1-5H3,(H,13,16)(H,14,15)(H,17,18). The minimum absolute atomic E-state index is 0.0683. The van der Waals surface area contributed by atoms with Crippen LogP contribution in [0, 0.1) is 11.8 Å². The minimum atomic E-state index is -0.969. The third-order valence-electron chi connectivity index (χ3n) is 2.82. The second kappa shape index (κ2) is 6.98. The number of carboxylic acid groups (broad SMARTS) is 1. The van der Waals surface area contributed by atoms with Gasteiger partial charge in [0.05, 0.1) is 5.92 Å². The summed E-state index contributed by atoms with van der Waals surface area (Å²) < 4.78 is 0. The van der Waals surface area contributed by atoms with Gasteiger partial charge in [-0.05, 0) is 19.8 Å². The number of carboxylic acids is 1. The molecule has 0 aromatic rings. The van der Waals surface area contributed by atoms with E-state index in [9.17, 15) is 14.4 Å². The predicted octanol–water partition coefficient (Wildman–Crippen LogP) is 0.372. The molecule has 0 saturated heterocycles. The number of carbonyl (C=O) groups is 3. The van der Waals surface area contributed by atoms with Gasteiger partial charge in [-0.15, -0.1) is 0 Å². The Balaban J connectivity index is 4.60. The third kappa shape index (κ3) is 5.16. The van der Waals surface area contributed by atoms with Crippen molar-refractivity contribution in [2.75, 3.05) is 0 Å². The normalized spacial score (nSPS) is 15.7. The van der Waals surface area contributed by atoms with E-state index in [1.165, 1.54) is 13.8 Å². The van der Waals surface area contributed by atoms with Gasteiger partial charge in [-0.2, -0.15) is 0 Å². The number of amides is 2. The van der Waals surface area contributed by atoms with Crippen molar-refractivity contribution in [3.05, 3.63) is 0 Å². The molecule has 6 nitrogen and oxygen atoms in total. The maximum absolute atomic E-state index is 11.9. The second-order valence-corrected chi connectivity index (χ2v) is 4.85. The molecule has 0 bridgehead atoms. The van der Waals surface area contributed by atoms with E-state index in [0.29, 0.717) is 0 Å². The largest absolute Gasteiger partial charge is 0.481 e. The molecule has 3 N–H and O–H groups in total. The highest BCUT2D eigenvalue weighted by Crippen LogP contribution is 2.06. The van der Waals surface area contributed by atoms with Crippen LogP contribution in [0.3, 0.4) is 0 Å². The van der Waals surface area contributed by atoms with E-state index in [0.717, 1.165) is 0 Å². The SMILES string of the molecule is CC(=O)NC(C(=O)NC(C)C(C)C(=O)O)C(C)C. The molecule has 0 aromatic heterocycles. The summed E-state index contributed by atoms with van der Waals surface area (Å²) in [5.41, 5.74) is 0. The zero-order chi connectivity index (χ0) is 14.5. The van der Waals surface area contributed by atoms with E-state index < -0.39 is 24.0 Å². The van der Waals surface area contributed by atoms with Gasteiger partial charge in [0.1, 0.15) is 6.04 Å². The van der Waals surface area contributed by atoms with Crippen LogP contribution in [0.2, 0.25) is 0 Å². The lowest BCUT2D eigenvalue weighted by atomic mass is 10.0. The predicted molar refractivity (Wildman–Crippen MR) is 66.8 cm³/mol. The molecular weight excluding hydrogens is 236 g/mol. The van der Waals surface area contributed by atoms with E-state index in [1.807, 2.05) is 13.8 Å². The maximum atomic E-state index is 11.9. The molecule has 2 amide bonds. The van der Waals surface area contributed by atoms with Crippen LogP contribution >= 0.6 is 0 Å². The Morgan fingerprint density at radius 2 is 1.50 bits per heavy atom. The van der Waals surface area contributed by atoms with Crippen LogP contribution < -0.4 is 10.6 Å². The first kappa shape index (κ1) is 16.4. The van der Waals surface area contributed by atoms with Crippen molar-refractivity contribution in [3.8, 4) is 0 Å². The molecule has 104 valence electrons. The lowest BCUT2D eigenvalue weighted by Crippen LogP contribution is -2.52. The van der Waals surface area contributed by atoms with Gasteiger partial charge in [0.25, 0.3) is 0 Å². The molecule has 0 radical (unpaired) electrons. The highest BCUT2D eigenvalue weighted by Gasteiger charge is 2.27. The first-order valence-corrected chi connectivity index (χ1v) is 5.97. The molecule has 6 heteroatoms. The molecule has 0 fully saturated rings. The Morgan fingerprint density at radius 1 is 1.00 bits per heavy atom. The molecule has 18 heavy (non-hydrogen) atoms. The molecule has 0 aliphatic heterocycles. The molecule has 0 aliphatic carbocycles. The summed E-state index contributed by atoms with van der Waals surface area (Å²) >= 11 is 0. The molecule has 0 aliphatic rings. The van der Waals surface area contributed by atoms with Gasteiger partial charge in [0, 0.05) is 13.0 Å². The second-order valence-electron chi connectivity index (χ2n) is 4.85. The number of aliphatic carboxylic acids is 1. The van der Waals surface area contributed by atoms with Crippen molar-refractivity contribution in [3.63, 3.8) is 0 Å². The summed E-state index contributed by atoms with van der Waals surface area (Å²) in [6.45, 7) is 8.11. The molecule has 0 spiro atoms. The molecule has 0 saturated carbocycles. The van der Waals surface area contributed by atoms with Gasteiger partial charge in [-0.25, -0.2) is 0 Å². The van der Waals surface area contributed by atoms with Gasteiger partial charge in [0.2, 0.25) is 11.8 Å². The Morgan fingerprint density at radius 3 is 1.83 bits per heavy atom. The number of carbonyl (C=O) groups excluding carboxylic acids is 2. The summed E-state index contributed by atoms with van der Waals surface area (Å²) in [6.07, 6.45) is 0. The van der Waals surface area contributed by atoms with Crippen LogP contribution in [-0.2, 0) is 14.4 Å². The van der Waals surface area contributed by atoms with Crippen LogP contribution in [-0.4, -0.2) is 35.0 Å². The number of rotatable bonds is 6. The molecule has 3 atom stereocenters. The number of hydrogen-bond donors (Lipinski definition) is 3. The van der Waals surface area contributed by atoms with Crippen molar-refractivity contribution in [1.82, 2.24) is 10.6 Å². The van der Waals surface area contributed by atoms with Crippen molar-refractivity contribution < 1.29 is 19.5 Å². The molecule has 3 unspecified atom stereocenters. The van der Waals surface area contributed by atoms with Crippen molar-refractivity contribution in [1.29, 1.82) is 0 Å². The fourth-order valence-electron chi connectivity index (χ4n) is 1.41. The van der Waals surface area contributed by atoms with Crippen molar-refractivity contribution >= 4 is 17.8 Å². The molecular formula is C12H22N2O4. The van der Waals surface area contributed by atoms with Crippen LogP contribution in [0.5, 0.6) is 0 Å². The lowest BCUT2D eigenvalue weighted by Gasteiger charge is -2.25. The average molecular weight is 258 g/mol. The summed E-state index contributed by atoms with van der Waals surface area (Å²) in [4.78, 5) is 33.7. The first-order valence-electron chi connectivity index (χ1n) is 5.97. The fourth-order valence-corrected chi connectivity index (χ4v) is 1.41. The topological polar surface area (TPSA) is 95.5 Å². The Kier molecular flexibility index (Phi) is 6.36. The first-order chi connectivity index (χ1) is 8.16. The average Bonchev–Trinajstić information content (AvgIpc) is 2.23. The van der Waals surface area contributed by atoms with Crippen molar-refractivity contribution in [2.24, 2.45) is 11.8 Å². The van der Waals surface area contributed by atoms with Gasteiger partial charge < -0.3 is 15.7 Å². The molecule has 0 aromatic carbocycles. The smallest absolute Gasteiger partial charge is 0.308 e. The van der Waals surface area contributed by atoms with Crippen LogP contribution in [0.25, 0.3) is 0 Å². The van der Waals surface area contributed by atoms with Gasteiger partial charge in [-0.3, -0.25) is 14.4 Å². The molecule has 0 rings (SSSR count). The summed E-state index contributed by atoms with van der Waals surface area (Å²) in [5, 5.41) is 14.0. The van der Waals surface area contributed by atoms with Gasteiger partial charge >= 0.3 is 5.97 Å². The minimum Gasteiger partial charge on any atom is -0.481 e. The zero-order valence-electron chi connectivity index (χ0n) is 11.5. The summed E-state index contributed by atoms with van der Waals surface area (Å²) in [6, 6.07) is -1.14. The fraction of sp³-hybridized carbons (Fsp3) is 0.750. The van der Waals surface area contributed by atoms with E-state index >= 15 is 0 Å². The van der Waals surface area contributed by atoms with E-state index in [1.54, 1.807) is 6.92 Å². The zero-order valence-corrected chi connectivity index (χ0v) is 11.5. The highest BCUT2D eigenvalue weighted by atomic mass is 16.4. The Hall–Kier alpha value is -1.59. The van der Waals surface area contributed by atoms with E-state index in [4.69, 9.17) is 5.11 Å². The monoisotopic (exact) mass is 258 g/mol. The highest BCUT2D eigenvalue weighted by molar-refractivity contribution is 5.87. The van der Waals surface area contributed by atoms with Crippen LogP contribution in [0.4, 0.5) is 0 Å². The number of hydrogen-bond acceptors (Lipinski definition) is 3. The maximum Gasteiger partial charge on any atom is 0.308 e. The molecule has 0 heterocycles. The summed E-state index contributed by atoms with van der Waals surface area (Å²) in [7, 11) is 0.